The molecule has 2 rings (SSSR count). The summed E-state index contributed by atoms with van der Waals surface area (Å²) in [5, 5.41) is 17.2. The Bertz CT molecular complexity index is 297. The monoisotopic (exact) mass is 256 g/mol. The van der Waals surface area contributed by atoms with Crippen LogP contribution < -0.4 is 11.5 Å². The SMILES string of the molecule is C=C(O)[C@@H](N)C1CCCC1.N[C@H](C(=O)O)C1CC1. The van der Waals surface area contributed by atoms with Gasteiger partial charge in [0.25, 0.3) is 0 Å². The van der Waals surface area contributed by atoms with Crippen LogP contribution in [0.3, 0.4) is 0 Å². The first-order valence-corrected chi connectivity index (χ1v) is 6.55. The van der Waals surface area contributed by atoms with Crippen molar-refractivity contribution in [3.63, 3.8) is 0 Å². The number of aliphatic hydroxyl groups excluding tert-OH is 1. The van der Waals surface area contributed by atoms with Crippen molar-refractivity contribution >= 4 is 5.97 Å². The molecule has 0 unspecified atom stereocenters. The third-order valence-electron chi connectivity index (χ3n) is 3.71. The first kappa shape index (κ1) is 15.0. The Morgan fingerprint density at radius 1 is 1.00 bits per heavy atom. The number of carboxylic acids is 1. The zero-order valence-electron chi connectivity index (χ0n) is 10.7. The summed E-state index contributed by atoms with van der Waals surface area (Å²) in [4.78, 5) is 10.1. The number of rotatable bonds is 4. The molecule has 2 aliphatic rings. The van der Waals surface area contributed by atoms with Gasteiger partial charge in [-0.3, -0.25) is 4.79 Å². The quantitative estimate of drug-likeness (QED) is 0.568. The molecule has 104 valence electrons. The molecule has 0 radical (unpaired) electrons. The Morgan fingerprint density at radius 3 is 1.72 bits per heavy atom. The molecule has 0 aromatic heterocycles. The van der Waals surface area contributed by atoms with Gasteiger partial charge >= 0.3 is 5.97 Å². The molecule has 18 heavy (non-hydrogen) atoms. The van der Waals surface area contributed by atoms with Crippen LogP contribution in [0.4, 0.5) is 0 Å². The molecule has 2 aliphatic carbocycles. The summed E-state index contributed by atoms with van der Waals surface area (Å²) in [7, 11) is 0. The van der Waals surface area contributed by atoms with Crippen LogP contribution in [-0.2, 0) is 4.79 Å². The lowest BCUT2D eigenvalue weighted by Gasteiger charge is -2.16. The van der Waals surface area contributed by atoms with E-state index in [0.29, 0.717) is 5.92 Å². The zero-order valence-corrected chi connectivity index (χ0v) is 10.7. The van der Waals surface area contributed by atoms with Crippen molar-refractivity contribution in [2.45, 2.75) is 50.6 Å². The largest absolute Gasteiger partial charge is 0.511 e. The maximum atomic E-state index is 10.1. The smallest absolute Gasteiger partial charge is 0.320 e. The zero-order chi connectivity index (χ0) is 13.7. The molecule has 0 bridgehead atoms. The molecule has 0 saturated heterocycles. The minimum Gasteiger partial charge on any atom is -0.511 e. The van der Waals surface area contributed by atoms with E-state index >= 15 is 0 Å². The molecular formula is C13H24N2O3. The minimum absolute atomic E-state index is 0.145. The van der Waals surface area contributed by atoms with Gasteiger partial charge in [-0.1, -0.05) is 19.4 Å². The van der Waals surface area contributed by atoms with E-state index in [-0.39, 0.29) is 17.7 Å². The van der Waals surface area contributed by atoms with Crippen LogP contribution in [0.25, 0.3) is 0 Å². The van der Waals surface area contributed by atoms with Gasteiger partial charge in [-0.25, -0.2) is 0 Å². The van der Waals surface area contributed by atoms with Crippen LogP contribution in [0.1, 0.15) is 38.5 Å². The summed E-state index contributed by atoms with van der Waals surface area (Å²) in [6.45, 7) is 3.43. The summed E-state index contributed by atoms with van der Waals surface area (Å²) in [6.07, 6.45) is 6.81. The van der Waals surface area contributed by atoms with Gasteiger partial charge < -0.3 is 21.7 Å². The summed E-state index contributed by atoms with van der Waals surface area (Å²) in [5.74, 6) is 0.0319. The topological polar surface area (TPSA) is 110 Å². The molecule has 2 atom stereocenters. The Hall–Kier alpha value is -1.07. The van der Waals surface area contributed by atoms with Crippen molar-refractivity contribution in [3.8, 4) is 0 Å². The van der Waals surface area contributed by atoms with Gasteiger partial charge in [0.1, 0.15) is 11.8 Å². The Balaban J connectivity index is 0.000000184. The molecule has 5 nitrogen and oxygen atoms in total. The Labute approximate surface area is 108 Å². The lowest BCUT2D eigenvalue weighted by molar-refractivity contribution is -0.139. The van der Waals surface area contributed by atoms with E-state index in [4.69, 9.17) is 21.7 Å². The van der Waals surface area contributed by atoms with Gasteiger partial charge in [-0.05, 0) is 37.5 Å². The predicted octanol–water partition coefficient (Wildman–Crippen LogP) is 1.38. The predicted molar refractivity (Wildman–Crippen MR) is 70.0 cm³/mol. The summed E-state index contributed by atoms with van der Waals surface area (Å²) < 4.78 is 0. The molecule has 0 aromatic carbocycles. The molecule has 6 N–H and O–H groups in total. The van der Waals surface area contributed by atoms with Crippen LogP contribution in [-0.4, -0.2) is 28.3 Å². The average molecular weight is 256 g/mol. The first-order valence-electron chi connectivity index (χ1n) is 6.55. The summed E-state index contributed by atoms with van der Waals surface area (Å²) in [6, 6.07) is -0.780. The lowest BCUT2D eigenvalue weighted by Crippen LogP contribution is -2.31. The van der Waals surface area contributed by atoms with Crippen molar-refractivity contribution in [2.24, 2.45) is 23.3 Å². The fourth-order valence-electron chi connectivity index (χ4n) is 2.25. The number of nitrogens with two attached hydrogens (primary N) is 2. The molecule has 0 heterocycles. The van der Waals surface area contributed by atoms with Crippen molar-refractivity contribution in [2.75, 3.05) is 0 Å². The number of aliphatic carboxylic acids is 1. The lowest BCUT2D eigenvalue weighted by atomic mass is 9.98. The summed E-state index contributed by atoms with van der Waals surface area (Å²) in [5.41, 5.74) is 10.9. The molecule has 0 aliphatic heterocycles. The van der Waals surface area contributed by atoms with Crippen LogP contribution in [0.5, 0.6) is 0 Å². The molecule has 0 spiro atoms. The Kier molecular flexibility index (Phi) is 5.62. The van der Waals surface area contributed by atoms with Crippen molar-refractivity contribution in [1.29, 1.82) is 0 Å². The number of hydrogen-bond donors (Lipinski definition) is 4. The average Bonchev–Trinajstić information content (AvgIpc) is 3.03. The fourth-order valence-corrected chi connectivity index (χ4v) is 2.25. The van der Waals surface area contributed by atoms with E-state index < -0.39 is 12.0 Å². The second-order valence-corrected chi connectivity index (χ2v) is 5.26. The highest BCUT2D eigenvalue weighted by Gasteiger charge is 2.32. The number of carbonyl (C=O) groups is 1. The van der Waals surface area contributed by atoms with Gasteiger partial charge in [-0.2, -0.15) is 0 Å². The van der Waals surface area contributed by atoms with Crippen LogP contribution in [0, 0.1) is 11.8 Å². The van der Waals surface area contributed by atoms with E-state index in [1.807, 2.05) is 0 Å². The van der Waals surface area contributed by atoms with Gasteiger partial charge in [0.05, 0.1) is 6.04 Å². The van der Waals surface area contributed by atoms with E-state index in [2.05, 4.69) is 6.58 Å². The van der Waals surface area contributed by atoms with Crippen molar-refractivity contribution in [3.05, 3.63) is 12.3 Å². The van der Waals surface area contributed by atoms with Gasteiger partial charge in [-0.15, -0.1) is 0 Å². The van der Waals surface area contributed by atoms with E-state index in [1.54, 1.807) is 0 Å². The fraction of sp³-hybridized carbons (Fsp3) is 0.769. The summed E-state index contributed by atoms with van der Waals surface area (Å²) >= 11 is 0. The maximum Gasteiger partial charge on any atom is 0.320 e. The standard InChI is InChI=1S/C8H15NO.C5H9NO2/c1-6(10)8(9)7-4-2-3-5-7;6-4(5(7)8)3-1-2-3/h7-8,10H,1-5,9H2;3-4H,1-2,6H2,(H,7,8)/t8-;4-/m10/s1. The Morgan fingerprint density at radius 2 is 1.44 bits per heavy atom. The van der Waals surface area contributed by atoms with Gasteiger partial charge in [0, 0.05) is 0 Å². The highest BCUT2D eigenvalue weighted by Crippen LogP contribution is 2.31. The second kappa shape index (κ2) is 6.75. The minimum atomic E-state index is -0.868. The van der Waals surface area contributed by atoms with Crippen molar-refractivity contribution < 1.29 is 15.0 Å². The third kappa shape index (κ3) is 4.66. The third-order valence-corrected chi connectivity index (χ3v) is 3.71. The van der Waals surface area contributed by atoms with E-state index in [0.717, 1.165) is 25.7 Å². The molecule has 0 amide bonds. The molecular weight excluding hydrogens is 232 g/mol. The maximum absolute atomic E-state index is 10.1. The van der Waals surface area contributed by atoms with Crippen LogP contribution in [0.2, 0.25) is 0 Å². The molecule has 2 saturated carbocycles. The highest BCUT2D eigenvalue weighted by molar-refractivity contribution is 5.73. The van der Waals surface area contributed by atoms with Gasteiger partial charge in [0.15, 0.2) is 0 Å². The molecule has 0 aromatic rings. The highest BCUT2D eigenvalue weighted by atomic mass is 16.4. The van der Waals surface area contributed by atoms with Gasteiger partial charge in [0.2, 0.25) is 0 Å². The van der Waals surface area contributed by atoms with Crippen molar-refractivity contribution in [1.82, 2.24) is 0 Å². The van der Waals surface area contributed by atoms with Crippen LogP contribution in [0.15, 0.2) is 12.3 Å². The molecule has 2 fully saturated rings. The first-order chi connectivity index (χ1) is 8.43. The normalized spacial score (nSPS) is 22.8. The number of aliphatic hydroxyl groups is 1. The number of hydrogen-bond acceptors (Lipinski definition) is 4. The van der Waals surface area contributed by atoms with E-state index in [9.17, 15) is 4.79 Å². The van der Waals surface area contributed by atoms with Crippen LogP contribution >= 0.6 is 0 Å². The number of carboxylic acid groups (broad SMARTS) is 1. The second-order valence-electron chi connectivity index (χ2n) is 5.26. The van der Waals surface area contributed by atoms with E-state index in [1.165, 1.54) is 12.8 Å². The molecule has 5 heteroatoms.